The van der Waals surface area contributed by atoms with Gasteiger partial charge in [0.2, 0.25) is 0 Å². The molecule has 2 aromatic rings. The largest absolute Gasteiger partial charge is 0.370 e. The van der Waals surface area contributed by atoms with Crippen LogP contribution in [0.25, 0.3) is 0 Å². The van der Waals surface area contributed by atoms with E-state index in [1.807, 2.05) is 21.9 Å². The molecule has 0 saturated carbocycles. The number of rotatable bonds is 3. The van der Waals surface area contributed by atoms with Crippen LogP contribution in [0.5, 0.6) is 0 Å². The lowest BCUT2D eigenvalue weighted by atomic mass is 10.1. The SMILES string of the molecule is Cc1c(C(=O)N2CCOC(c3ccsc3)C2)nnn1C1CCNCC1.Cl. The number of piperidine rings is 1. The number of halogens is 1. The second kappa shape index (κ2) is 8.47. The van der Waals surface area contributed by atoms with Gasteiger partial charge in [-0.1, -0.05) is 5.21 Å². The van der Waals surface area contributed by atoms with E-state index in [9.17, 15) is 4.79 Å². The minimum Gasteiger partial charge on any atom is -0.370 e. The molecule has 142 valence electrons. The summed E-state index contributed by atoms with van der Waals surface area (Å²) in [7, 11) is 0. The summed E-state index contributed by atoms with van der Waals surface area (Å²) in [5.74, 6) is -0.0405. The van der Waals surface area contributed by atoms with Gasteiger partial charge in [0.15, 0.2) is 5.69 Å². The van der Waals surface area contributed by atoms with Crippen LogP contribution in [0, 0.1) is 6.92 Å². The van der Waals surface area contributed by atoms with Gasteiger partial charge in [0.25, 0.3) is 5.91 Å². The molecular formula is C17H24ClN5O2S. The van der Waals surface area contributed by atoms with E-state index in [2.05, 4.69) is 27.1 Å². The number of ether oxygens (including phenoxy) is 1. The monoisotopic (exact) mass is 397 g/mol. The highest BCUT2D eigenvalue weighted by Gasteiger charge is 2.30. The second-order valence-corrected chi connectivity index (χ2v) is 7.40. The number of hydrogen-bond acceptors (Lipinski definition) is 6. The van der Waals surface area contributed by atoms with Crippen LogP contribution in [0.3, 0.4) is 0 Å². The van der Waals surface area contributed by atoms with Gasteiger partial charge in [-0.25, -0.2) is 4.68 Å². The molecule has 2 aliphatic rings. The van der Waals surface area contributed by atoms with E-state index in [0.29, 0.717) is 31.4 Å². The topological polar surface area (TPSA) is 72.3 Å². The second-order valence-electron chi connectivity index (χ2n) is 6.62. The highest BCUT2D eigenvalue weighted by atomic mass is 35.5. The maximum Gasteiger partial charge on any atom is 0.276 e. The minimum absolute atomic E-state index is 0. The summed E-state index contributed by atoms with van der Waals surface area (Å²) in [6.45, 7) is 5.63. The molecule has 2 aliphatic heterocycles. The molecule has 1 atom stereocenters. The first kappa shape index (κ1) is 19.3. The number of nitrogens with one attached hydrogen (secondary N) is 1. The summed E-state index contributed by atoms with van der Waals surface area (Å²) in [5.41, 5.74) is 2.48. The molecule has 7 nitrogen and oxygen atoms in total. The first-order valence-electron chi connectivity index (χ1n) is 8.79. The van der Waals surface area contributed by atoms with Crippen LogP contribution in [0.15, 0.2) is 16.8 Å². The molecule has 0 aromatic carbocycles. The normalized spacial score (nSPS) is 21.4. The molecule has 4 rings (SSSR count). The molecule has 2 saturated heterocycles. The van der Waals surface area contributed by atoms with E-state index < -0.39 is 0 Å². The van der Waals surface area contributed by atoms with E-state index >= 15 is 0 Å². The molecule has 2 fully saturated rings. The number of nitrogens with zero attached hydrogens (tertiary/aromatic N) is 4. The van der Waals surface area contributed by atoms with Crippen LogP contribution < -0.4 is 5.32 Å². The highest BCUT2D eigenvalue weighted by Crippen LogP contribution is 2.26. The van der Waals surface area contributed by atoms with Gasteiger partial charge in [-0.2, -0.15) is 11.3 Å². The highest BCUT2D eigenvalue weighted by molar-refractivity contribution is 7.07. The zero-order valence-electron chi connectivity index (χ0n) is 14.8. The summed E-state index contributed by atoms with van der Waals surface area (Å²) in [6, 6.07) is 2.39. The number of amides is 1. The zero-order valence-corrected chi connectivity index (χ0v) is 16.4. The van der Waals surface area contributed by atoms with E-state index in [0.717, 1.165) is 37.2 Å². The van der Waals surface area contributed by atoms with E-state index in [-0.39, 0.29) is 24.4 Å². The summed E-state index contributed by atoms with van der Waals surface area (Å²) >= 11 is 1.65. The molecule has 26 heavy (non-hydrogen) atoms. The Morgan fingerprint density at radius 1 is 1.38 bits per heavy atom. The predicted octanol–water partition coefficient (Wildman–Crippen LogP) is 2.21. The Bertz CT molecular complexity index is 730. The Morgan fingerprint density at radius 3 is 2.92 bits per heavy atom. The van der Waals surface area contributed by atoms with Crippen molar-refractivity contribution in [2.45, 2.75) is 31.9 Å². The lowest BCUT2D eigenvalue weighted by Crippen LogP contribution is -2.42. The summed E-state index contributed by atoms with van der Waals surface area (Å²) < 4.78 is 7.77. The maximum atomic E-state index is 13.0. The van der Waals surface area contributed by atoms with Crippen molar-refractivity contribution in [1.29, 1.82) is 0 Å². The third-order valence-electron chi connectivity index (χ3n) is 5.05. The van der Waals surface area contributed by atoms with Crippen LogP contribution in [-0.4, -0.2) is 58.6 Å². The van der Waals surface area contributed by atoms with Crippen molar-refractivity contribution in [2.75, 3.05) is 32.8 Å². The number of morpholine rings is 1. The van der Waals surface area contributed by atoms with E-state index in [1.54, 1.807) is 11.3 Å². The average Bonchev–Trinajstić information content (AvgIpc) is 3.32. The molecule has 1 unspecified atom stereocenters. The number of carbonyl (C=O) groups excluding carboxylic acids is 1. The Labute approximate surface area is 163 Å². The predicted molar refractivity (Wildman–Crippen MR) is 102 cm³/mol. The smallest absolute Gasteiger partial charge is 0.276 e. The third kappa shape index (κ3) is 3.78. The Balaban J connectivity index is 0.00000196. The van der Waals surface area contributed by atoms with Crippen molar-refractivity contribution in [3.05, 3.63) is 33.8 Å². The van der Waals surface area contributed by atoms with E-state index in [4.69, 9.17) is 4.74 Å². The number of hydrogen-bond donors (Lipinski definition) is 1. The van der Waals surface area contributed by atoms with Crippen LogP contribution in [0.4, 0.5) is 0 Å². The summed E-state index contributed by atoms with van der Waals surface area (Å²) in [5, 5.41) is 16.0. The van der Waals surface area contributed by atoms with Gasteiger partial charge in [0.05, 0.1) is 24.9 Å². The Kier molecular flexibility index (Phi) is 6.29. The van der Waals surface area contributed by atoms with Crippen molar-refractivity contribution < 1.29 is 9.53 Å². The van der Waals surface area contributed by atoms with Crippen molar-refractivity contribution in [3.63, 3.8) is 0 Å². The standard InChI is InChI=1S/C17H23N5O2S.ClH/c1-12-16(19-20-22(12)14-2-5-18-6-3-14)17(23)21-7-8-24-15(10-21)13-4-9-25-11-13;/h4,9,11,14-15,18H,2-3,5-8,10H2,1H3;1H. The summed E-state index contributed by atoms with van der Waals surface area (Å²) in [6.07, 6.45) is 1.99. The molecule has 0 bridgehead atoms. The molecule has 0 aliphatic carbocycles. The lowest BCUT2D eigenvalue weighted by Gasteiger charge is -2.32. The number of aromatic nitrogens is 3. The first-order valence-corrected chi connectivity index (χ1v) is 9.74. The maximum absolute atomic E-state index is 13.0. The fourth-order valence-corrected chi connectivity index (χ4v) is 4.28. The molecule has 2 aromatic heterocycles. The van der Waals surface area contributed by atoms with Crippen molar-refractivity contribution in [1.82, 2.24) is 25.2 Å². The lowest BCUT2D eigenvalue weighted by molar-refractivity contribution is -0.0228. The average molecular weight is 398 g/mol. The van der Waals surface area contributed by atoms with E-state index in [1.165, 1.54) is 0 Å². The van der Waals surface area contributed by atoms with Crippen LogP contribution in [-0.2, 0) is 4.74 Å². The van der Waals surface area contributed by atoms with Gasteiger partial charge < -0.3 is 15.0 Å². The van der Waals surface area contributed by atoms with Gasteiger partial charge in [-0.05, 0) is 55.2 Å². The van der Waals surface area contributed by atoms with Gasteiger partial charge in [-0.3, -0.25) is 4.79 Å². The van der Waals surface area contributed by atoms with Crippen molar-refractivity contribution >= 4 is 29.7 Å². The quantitative estimate of drug-likeness (QED) is 0.859. The number of carbonyl (C=O) groups is 1. The molecule has 0 spiro atoms. The van der Waals surface area contributed by atoms with Gasteiger partial charge in [0, 0.05) is 6.54 Å². The molecule has 9 heteroatoms. The van der Waals surface area contributed by atoms with Crippen molar-refractivity contribution in [2.24, 2.45) is 0 Å². The fourth-order valence-electron chi connectivity index (χ4n) is 3.58. The molecule has 4 heterocycles. The Hall–Kier alpha value is -1.48. The van der Waals surface area contributed by atoms with Gasteiger partial charge >= 0.3 is 0 Å². The molecular weight excluding hydrogens is 374 g/mol. The molecule has 0 radical (unpaired) electrons. The van der Waals surface area contributed by atoms with Gasteiger partial charge in [-0.15, -0.1) is 17.5 Å². The summed E-state index contributed by atoms with van der Waals surface area (Å²) in [4.78, 5) is 14.8. The number of thiophene rings is 1. The third-order valence-corrected chi connectivity index (χ3v) is 5.75. The van der Waals surface area contributed by atoms with Gasteiger partial charge in [0.1, 0.15) is 6.10 Å². The fraction of sp³-hybridized carbons (Fsp3) is 0.588. The Morgan fingerprint density at radius 2 is 2.19 bits per heavy atom. The minimum atomic E-state index is -0.0521. The van der Waals surface area contributed by atoms with Crippen LogP contribution >= 0.6 is 23.7 Å². The van der Waals surface area contributed by atoms with Crippen LogP contribution in [0.1, 0.15) is 46.7 Å². The van der Waals surface area contributed by atoms with Crippen molar-refractivity contribution in [3.8, 4) is 0 Å². The first-order chi connectivity index (χ1) is 12.2. The van der Waals surface area contributed by atoms with Crippen LogP contribution in [0.2, 0.25) is 0 Å². The zero-order chi connectivity index (χ0) is 17.2. The molecule has 1 N–H and O–H groups in total. The molecule has 1 amide bonds.